The number of hydrogen-bond acceptors (Lipinski definition) is 5. The lowest BCUT2D eigenvalue weighted by Gasteiger charge is -2.28. The first kappa shape index (κ1) is 20.0. The largest absolute Gasteiger partial charge is 0.347 e. The van der Waals surface area contributed by atoms with E-state index in [0.717, 1.165) is 41.3 Å². The Labute approximate surface area is 175 Å². The molecule has 0 bridgehead atoms. The lowest BCUT2D eigenvalue weighted by atomic mass is 9.90. The van der Waals surface area contributed by atoms with Gasteiger partial charge in [0.25, 0.3) is 5.91 Å². The van der Waals surface area contributed by atoms with Crippen LogP contribution < -0.4 is 5.32 Å². The maximum atomic E-state index is 13.0. The molecule has 1 N–H and O–H groups in total. The first-order chi connectivity index (χ1) is 13.9. The van der Waals surface area contributed by atoms with Crippen LogP contribution in [-0.2, 0) is 16.4 Å². The number of sulfone groups is 1. The number of carbonyl (C=O) groups excluding carboxylic acids is 1. The number of nitrogens with zero attached hydrogens (tertiary/aromatic N) is 1. The van der Waals surface area contributed by atoms with Gasteiger partial charge in [-0.2, -0.15) is 0 Å². The molecule has 3 aromatic rings. The Morgan fingerprint density at radius 1 is 1.17 bits per heavy atom. The highest BCUT2D eigenvalue weighted by molar-refractivity contribution is 7.92. The quantitative estimate of drug-likeness (QED) is 0.645. The van der Waals surface area contributed by atoms with Crippen LogP contribution in [0.15, 0.2) is 53.7 Å². The van der Waals surface area contributed by atoms with E-state index < -0.39 is 9.84 Å². The number of nitrogens with one attached hydrogen (secondary N) is 1. The van der Waals surface area contributed by atoms with Crippen molar-refractivity contribution >= 4 is 37.2 Å². The third-order valence-electron chi connectivity index (χ3n) is 5.68. The Kier molecular flexibility index (Phi) is 5.69. The maximum Gasteiger partial charge on any atom is 0.261 e. The van der Waals surface area contributed by atoms with Crippen molar-refractivity contribution in [3.63, 3.8) is 0 Å². The Hall–Kier alpha value is -2.25. The van der Waals surface area contributed by atoms with Gasteiger partial charge in [0.1, 0.15) is 0 Å². The normalized spacial score (nSPS) is 19.9. The van der Waals surface area contributed by atoms with E-state index in [1.807, 2.05) is 19.1 Å². The van der Waals surface area contributed by atoms with Crippen molar-refractivity contribution in [2.75, 3.05) is 0 Å². The summed E-state index contributed by atoms with van der Waals surface area (Å²) >= 11 is 1.41. The molecule has 0 saturated heterocycles. The van der Waals surface area contributed by atoms with Gasteiger partial charge in [0.2, 0.25) is 0 Å². The van der Waals surface area contributed by atoms with Gasteiger partial charge in [-0.1, -0.05) is 31.9 Å². The summed E-state index contributed by atoms with van der Waals surface area (Å²) in [6.45, 7) is 2.39. The van der Waals surface area contributed by atoms with Crippen LogP contribution in [0.25, 0.3) is 10.1 Å². The van der Waals surface area contributed by atoms with Gasteiger partial charge in [0.15, 0.2) is 9.84 Å². The molecule has 2 unspecified atom stereocenters. The Morgan fingerprint density at radius 3 is 2.66 bits per heavy atom. The molecule has 5 nitrogen and oxygen atoms in total. The fraction of sp³-hybridized carbons (Fsp3) is 0.364. The molecule has 0 radical (unpaired) electrons. The fourth-order valence-electron chi connectivity index (χ4n) is 3.98. The van der Waals surface area contributed by atoms with Gasteiger partial charge in [0.05, 0.1) is 19.7 Å². The zero-order chi connectivity index (χ0) is 20.4. The minimum atomic E-state index is -3.31. The first-order valence-corrected chi connectivity index (χ1v) is 12.3. The predicted molar refractivity (Wildman–Crippen MR) is 116 cm³/mol. The molecule has 1 saturated carbocycles. The standard InChI is InChI=1S/C22H24N2O3S2/c1-15-4-2-3-5-21(15)29(26,27)18-8-6-16(7-9-18)13-24-22(25)19-12-17-10-11-23-14-20(17)28-19/h6-12,14-15,21H,2-5,13H2,1H3,(H,24,25). The molecule has 0 spiro atoms. The number of hydrogen-bond donors (Lipinski definition) is 1. The van der Waals surface area contributed by atoms with E-state index in [4.69, 9.17) is 0 Å². The summed E-state index contributed by atoms with van der Waals surface area (Å²) in [6, 6.07) is 10.7. The average Bonchev–Trinajstić information content (AvgIpc) is 3.17. The van der Waals surface area contributed by atoms with Crippen molar-refractivity contribution < 1.29 is 13.2 Å². The molecule has 1 aliphatic rings. The second-order valence-electron chi connectivity index (χ2n) is 7.70. The highest BCUT2D eigenvalue weighted by Crippen LogP contribution is 2.33. The molecular weight excluding hydrogens is 404 g/mol. The smallest absolute Gasteiger partial charge is 0.261 e. The van der Waals surface area contributed by atoms with Crippen LogP contribution in [-0.4, -0.2) is 24.6 Å². The van der Waals surface area contributed by atoms with Gasteiger partial charge >= 0.3 is 0 Å². The van der Waals surface area contributed by atoms with Gasteiger partial charge < -0.3 is 5.32 Å². The SMILES string of the molecule is CC1CCCCC1S(=O)(=O)c1ccc(CNC(=O)c2cc3ccncc3s2)cc1. The molecule has 1 aromatic carbocycles. The summed E-state index contributed by atoms with van der Waals surface area (Å²) in [7, 11) is -3.31. The number of thiophene rings is 1. The Morgan fingerprint density at radius 2 is 1.93 bits per heavy atom. The zero-order valence-electron chi connectivity index (χ0n) is 16.3. The summed E-state index contributed by atoms with van der Waals surface area (Å²) in [5.41, 5.74) is 0.872. The summed E-state index contributed by atoms with van der Waals surface area (Å²) in [6.07, 6.45) is 7.27. The van der Waals surface area contributed by atoms with E-state index >= 15 is 0 Å². The van der Waals surface area contributed by atoms with Gasteiger partial charge in [-0.25, -0.2) is 8.42 Å². The molecule has 0 aliphatic heterocycles. The molecule has 4 rings (SSSR count). The van der Waals surface area contributed by atoms with Gasteiger partial charge in [0, 0.05) is 18.9 Å². The molecule has 1 fully saturated rings. The van der Waals surface area contributed by atoms with E-state index in [0.29, 0.717) is 16.3 Å². The van der Waals surface area contributed by atoms with Gasteiger partial charge in [-0.05, 0) is 54.0 Å². The van der Waals surface area contributed by atoms with Crippen molar-refractivity contribution in [1.29, 1.82) is 0 Å². The molecule has 152 valence electrons. The maximum absolute atomic E-state index is 13.0. The van der Waals surface area contributed by atoms with E-state index in [2.05, 4.69) is 10.3 Å². The third kappa shape index (κ3) is 4.21. The van der Waals surface area contributed by atoms with Crippen molar-refractivity contribution in [3.8, 4) is 0 Å². The molecule has 7 heteroatoms. The molecule has 29 heavy (non-hydrogen) atoms. The lowest BCUT2D eigenvalue weighted by Crippen LogP contribution is -2.31. The average molecular weight is 429 g/mol. The summed E-state index contributed by atoms with van der Waals surface area (Å²) in [4.78, 5) is 17.5. The van der Waals surface area contributed by atoms with Crippen LogP contribution in [0.5, 0.6) is 0 Å². The van der Waals surface area contributed by atoms with E-state index in [1.54, 1.807) is 36.7 Å². The highest BCUT2D eigenvalue weighted by Gasteiger charge is 2.33. The number of pyridine rings is 1. The highest BCUT2D eigenvalue weighted by atomic mass is 32.2. The molecular formula is C22H24N2O3S2. The predicted octanol–water partition coefficient (Wildman–Crippen LogP) is 4.58. The molecule has 1 amide bonds. The molecule has 1 aliphatic carbocycles. The number of benzene rings is 1. The first-order valence-electron chi connectivity index (χ1n) is 9.90. The van der Waals surface area contributed by atoms with Gasteiger partial charge in [-0.15, -0.1) is 11.3 Å². The molecule has 2 aromatic heterocycles. The number of amides is 1. The molecule has 2 atom stereocenters. The topological polar surface area (TPSA) is 76.1 Å². The van der Waals surface area contributed by atoms with Crippen molar-refractivity contribution in [2.24, 2.45) is 5.92 Å². The second-order valence-corrected chi connectivity index (χ2v) is 10.9. The van der Waals surface area contributed by atoms with Crippen LogP contribution in [0.3, 0.4) is 0 Å². The summed E-state index contributed by atoms with van der Waals surface area (Å²) < 4.78 is 26.9. The number of aromatic nitrogens is 1. The van der Waals surface area contributed by atoms with Crippen LogP contribution in [0.2, 0.25) is 0 Å². The van der Waals surface area contributed by atoms with Crippen LogP contribution in [0.4, 0.5) is 0 Å². The number of fused-ring (bicyclic) bond motifs is 1. The number of carbonyl (C=O) groups is 1. The monoisotopic (exact) mass is 428 g/mol. The summed E-state index contributed by atoms with van der Waals surface area (Å²) in [5, 5.41) is 3.62. The van der Waals surface area contributed by atoms with E-state index in [1.165, 1.54) is 11.3 Å². The second kappa shape index (κ2) is 8.24. The van der Waals surface area contributed by atoms with Crippen LogP contribution in [0.1, 0.15) is 47.8 Å². The third-order valence-corrected chi connectivity index (χ3v) is 9.19. The Bertz CT molecular complexity index is 1090. The Balaban J connectivity index is 1.42. The zero-order valence-corrected chi connectivity index (χ0v) is 17.9. The number of rotatable bonds is 5. The minimum Gasteiger partial charge on any atom is -0.347 e. The van der Waals surface area contributed by atoms with Crippen LogP contribution >= 0.6 is 11.3 Å². The molecule has 2 heterocycles. The lowest BCUT2D eigenvalue weighted by molar-refractivity contribution is 0.0955. The van der Waals surface area contributed by atoms with Gasteiger partial charge in [-0.3, -0.25) is 9.78 Å². The van der Waals surface area contributed by atoms with Crippen molar-refractivity contribution in [1.82, 2.24) is 10.3 Å². The van der Waals surface area contributed by atoms with Crippen LogP contribution in [0, 0.1) is 5.92 Å². The van der Waals surface area contributed by atoms with Crippen molar-refractivity contribution in [3.05, 3.63) is 59.2 Å². The van der Waals surface area contributed by atoms with Crippen molar-refractivity contribution in [2.45, 2.75) is 49.3 Å². The van der Waals surface area contributed by atoms with E-state index in [9.17, 15) is 13.2 Å². The van der Waals surface area contributed by atoms with E-state index in [-0.39, 0.29) is 17.1 Å². The fourth-order valence-corrected chi connectivity index (χ4v) is 7.02. The summed E-state index contributed by atoms with van der Waals surface area (Å²) in [5.74, 6) is 0.0585. The minimum absolute atomic E-state index is 0.140.